The van der Waals surface area contributed by atoms with Crippen LogP contribution in [0.15, 0.2) is 24.3 Å². The van der Waals surface area contributed by atoms with Crippen LogP contribution in [0.1, 0.15) is 25.7 Å². The quantitative estimate of drug-likeness (QED) is 0.822. The number of ether oxygens (including phenoxy) is 1. The Morgan fingerprint density at radius 1 is 1.19 bits per heavy atom. The molecule has 0 heterocycles. The number of anilines is 1. The lowest BCUT2D eigenvalue weighted by molar-refractivity contribution is 0.403. The summed E-state index contributed by atoms with van der Waals surface area (Å²) in [6.45, 7) is 0. The number of hydrogen-bond acceptors (Lipinski definition) is 3. The summed E-state index contributed by atoms with van der Waals surface area (Å²) in [5.74, 6) is 0.887. The number of hydrogen-bond donors (Lipinski definition) is 2. The van der Waals surface area contributed by atoms with Crippen molar-refractivity contribution < 1.29 is 4.74 Å². The summed E-state index contributed by atoms with van der Waals surface area (Å²) in [5, 5.41) is 3.50. The topological polar surface area (TPSA) is 47.3 Å². The van der Waals surface area contributed by atoms with Crippen molar-refractivity contribution >= 4 is 5.69 Å². The zero-order valence-corrected chi connectivity index (χ0v) is 9.78. The average Bonchev–Trinajstić information content (AvgIpc) is 2.33. The first-order valence-electron chi connectivity index (χ1n) is 5.96. The average molecular weight is 220 g/mol. The summed E-state index contributed by atoms with van der Waals surface area (Å²) in [6, 6.07) is 8.73. The normalized spacial score (nSPS) is 25.1. The first-order chi connectivity index (χ1) is 7.79. The van der Waals surface area contributed by atoms with E-state index in [1.54, 1.807) is 7.11 Å². The molecule has 1 aliphatic rings. The number of methoxy groups -OCH3 is 1. The SMILES string of the molecule is COc1ccc(N[C@H]2CCCC[C@@H]2N)cc1. The van der Waals surface area contributed by atoms with E-state index in [4.69, 9.17) is 10.5 Å². The van der Waals surface area contributed by atoms with Crippen molar-refractivity contribution in [3.63, 3.8) is 0 Å². The fraction of sp³-hybridized carbons (Fsp3) is 0.538. The van der Waals surface area contributed by atoms with Gasteiger partial charge in [-0.3, -0.25) is 0 Å². The Bertz CT molecular complexity index is 323. The molecule has 0 radical (unpaired) electrons. The smallest absolute Gasteiger partial charge is 0.119 e. The van der Waals surface area contributed by atoms with Crippen molar-refractivity contribution in [2.75, 3.05) is 12.4 Å². The van der Waals surface area contributed by atoms with Gasteiger partial charge in [-0.2, -0.15) is 0 Å². The fourth-order valence-corrected chi connectivity index (χ4v) is 2.24. The summed E-state index contributed by atoms with van der Waals surface area (Å²) >= 11 is 0. The van der Waals surface area contributed by atoms with Crippen LogP contribution in [0, 0.1) is 0 Å². The molecule has 1 aromatic carbocycles. The third-order valence-electron chi connectivity index (χ3n) is 3.26. The third kappa shape index (κ3) is 2.67. The molecule has 0 aliphatic heterocycles. The van der Waals surface area contributed by atoms with Gasteiger partial charge in [-0.1, -0.05) is 12.8 Å². The fourth-order valence-electron chi connectivity index (χ4n) is 2.24. The van der Waals surface area contributed by atoms with Crippen molar-refractivity contribution in [3.05, 3.63) is 24.3 Å². The molecule has 1 aromatic rings. The highest BCUT2D eigenvalue weighted by atomic mass is 16.5. The molecule has 16 heavy (non-hydrogen) atoms. The highest BCUT2D eigenvalue weighted by Gasteiger charge is 2.21. The van der Waals surface area contributed by atoms with Gasteiger partial charge in [0, 0.05) is 17.8 Å². The monoisotopic (exact) mass is 220 g/mol. The second-order valence-electron chi connectivity index (χ2n) is 4.43. The molecule has 0 bridgehead atoms. The molecule has 3 N–H and O–H groups in total. The molecule has 0 aromatic heterocycles. The molecule has 0 unspecified atom stereocenters. The Hall–Kier alpha value is -1.22. The minimum Gasteiger partial charge on any atom is -0.497 e. The number of nitrogens with one attached hydrogen (secondary N) is 1. The molecular formula is C13H20N2O. The molecular weight excluding hydrogens is 200 g/mol. The van der Waals surface area contributed by atoms with Gasteiger partial charge in [-0.15, -0.1) is 0 Å². The third-order valence-corrected chi connectivity index (χ3v) is 3.26. The molecule has 1 aliphatic carbocycles. The summed E-state index contributed by atoms with van der Waals surface area (Å²) in [4.78, 5) is 0. The van der Waals surface area contributed by atoms with Crippen LogP contribution < -0.4 is 15.8 Å². The maximum absolute atomic E-state index is 6.10. The summed E-state index contributed by atoms with van der Waals surface area (Å²) in [6.07, 6.45) is 4.85. The van der Waals surface area contributed by atoms with Crippen molar-refractivity contribution in [2.45, 2.75) is 37.8 Å². The van der Waals surface area contributed by atoms with E-state index in [0.29, 0.717) is 6.04 Å². The van der Waals surface area contributed by atoms with Crippen LogP contribution in [-0.4, -0.2) is 19.2 Å². The number of nitrogens with two attached hydrogens (primary N) is 1. The van der Waals surface area contributed by atoms with E-state index in [1.165, 1.54) is 19.3 Å². The number of benzene rings is 1. The van der Waals surface area contributed by atoms with Crippen LogP contribution in [0.5, 0.6) is 5.75 Å². The van der Waals surface area contributed by atoms with Gasteiger partial charge in [0.2, 0.25) is 0 Å². The van der Waals surface area contributed by atoms with E-state index >= 15 is 0 Å². The van der Waals surface area contributed by atoms with Gasteiger partial charge in [0.15, 0.2) is 0 Å². The Morgan fingerprint density at radius 3 is 2.50 bits per heavy atom. The molecule has 2 atom stereocenters. The van der Waals surface area contributed by atoms with Gasteiger partial charge in [-0.05, 0) is 37.1 Å². The number of rotatable bonds is 3. The predicted octanol–water partition coefficient (Wildman–Crippen LogP) is 2.38. The van der Waals surface area contributed by atoms with Gasteiger partial charge >= 0.3 is 0 Å². The van der Waals surface area contributed by atoms with E-state index < -0.39 is 0 Å². The van der Waals surface area contributed by atoms with Crippen molar-refractivity contribution in [1.82, 2.24) is 0 Å². The Morgan fingerprint density at radius 2 is 1.88 bits per heavy atom. The molecule has 3 heteroatoms. The van der Waals surface area contributed by atoms with E-state index in [2.05, 4.69) is 5.32 Å². The largest absolute Gasteiger partial charge is 0.497 e. The van der Waals surface area contributed by atoms with Crippen LogP contribution in [0.3, 0.4) is 0 Å². The minimum absolute atomic E-state index is 0.288. The van der Waals surface area contributed by atoms with Crippen LogP contribution >= 0.6 is 0 Å². The van der Waals surface area contributed by atoms with Crippen LogP contribution in [0.25, 0.3) is 0 Å². The van der Waals surface area contributed by atoms with Gasteiger partial charge in [0.05, 0.1) is 7.11 Å². The zero-order valence-electron chi connectivity index (χ0n) is 9.78. The lowest BCUT2D eigenvalue weighted by Crippen LogP contribution is -2.42. The van der Waals surface area contributed by atoms with Gasteiger partial charge in [-0.25, -0.2) is 0 Å². The second kappa shape index (κ2) is 5.21. The lowest BCUT2D eigenvalue weighted by atomic mass is 9.91. The van der Waals surface area contributed by atoms with E-state index in [1.807, 2.05) is 24.3 Å². The molecule has 0 amide bonds. The van der Waals surface area contributed by atoms with Gasteiger partial charge < -0.3 is 15.8 Å². The standard InChI is InChI=1S/C13H20N2O/c1-16-11-8-6-10(7-9-11)15-13-5-3-2-4-12(13)14/h6-9,12-13,15H,2-5,14H2,1H3/t12-,13-/m0/s1. The predicted molar refractivity (Wildman–Crippen MR) is 66.8 cm³/mol. The van der Waals surface area contributed by atoms with Crippen LogP contribution in [0.2, 0.25) is 0 Å². The highest BCUT2D eigenvalue weighted by molar-refractivity contribution is 5.47. The summed E-state index contributed by atoms with van der Waals surface area (Å²) in [7, 11) is 1.68. The van der Waals surface area contributed by atoms with Crippen molar-refractivity contribution in [1.29, 1.82) is 0 Å². The molecule has 3 nitrogen and oxygen atoms in total. The van der Waals surface area contributed by atoms with Crippen molar-refractivity contribution in [3.8, 4) is 5.75 Å². The maximum atomic E-state index is 6.10. The van der Waals surface area contributed by atoms with E-state index in [9.17, 15) is 0 Å². The van der Waals surface area contributed by atoms with Crippen molar-refractivity contribution in [2.24, 2.45) is 5.73 Å². The molecule has 88 valence electrons. The Labute approximate surface area is 97.0 Å². The van der Waals surface area contributed by atoms with E-state index in [0.717, 1.165) is 17.9 Å². The molecule has 2 rings (SSSR count). The molecule has 1 fully saturated rings. The maximum Gasteiger partial charge on any atom is 0.119 e. The Balaban J connectivity index is 1.96. The zero-order chi connectivity index (χ0) is 11.4. The van der Waals surface area contributed by atoms with Gasteiger partial charge in [0.25, 0.3) is 0 Å². The Kier molecular flexibility index (Phi) is 3.67. The second-order valence-corrected chi connectivity index (χ2v) is 4.43. The molecule has 1 saturated carbocycles. The minimum atomic E-state index is 0.288. The molecule has 0 spiro atoms. The van der Waals surface area contributed by atoms with Crippen LogP contribution in [0.4, 0.5) is 5.69 Å². The first kappa shape index (κ1) is 11.3. The summed E-state index contributed by atoms with van der Waals surface area (Å²) in [5.41, 5.74) is 7.22. The molecule has 0 saturated heterocycles. The lowest BCUT2D eigenvalue weighted by Gasteiger charge is -2.30. The van der Waals surface area contributed by atoms with Crippen LogP contribution in [-0.2, 0) is 0 Å². The summed E-state index contributed by atoms with van der Waals surface area (Å²) < 4.78 is 5.13. The first-order valence-corrected chi connectivity index (χ1v) is 5.96. The highest BCUT2D eigenvalue weighted by Crippen LogP contribution is 2.22. The van der Waals surface area contributed by atoms with E-state index in [-0.39, 0.29) is 6.04 Å². The van der Waals surface area contributed by atoms with Gasteiger partial charge in [0.1, 0.15) is 5.75 Å².